The summed E-state index contributed by atoms with van der Waals surface area (Å²) >= 11 is 0. The molecule has 8 heteroatoms. The van der Waals surface area contributed by atoms with Crippen molar-refractivity contribution in [2.75, 3.05) is 13.2 Å². The molecule has 0 saturated heterocycles. The van der Waals surface area contributed by atoms with Crippen LogP contribution in [0.1, 0.15) is 50.8 Å². The second kappa shape index (κ2) is 8.45. The summed E-state index contributed by atoms with van der Waals surface area (Å²) in [4.78, 5) is 40.8. The number of carbonyl (C=O) groups is 2. The van der Waals surface area contributed by atoms with E-state index in [0.29, 0.717) is 29.7 Å². The maximum Gasteiger partial charge on any atom is 0.303 e. The van der Waals surface area contributed by atoms with E-state index in [0.717, 1.165) is 50.8 Å². The summed E-state index contributed by atoms with van der Waals surface area (Å²) in [6.45, 7) is 0.841. The molecule has 1 aliphatic heterocycles. The third-order valence-electron chi connectivity index (χ3n) is 6.26. The predicted molar refractivity (Wildman–Crippen MR) is 111 cm³/mol. The summed E-state index contributed by atoms with van der Waals surface area (Å²) in [5.74, 6) is 0.130. The van der Waals surface area contributed by atoms with Crippen molar-refractivity contribution < 1.29 is 19.4 Å². The molecule has 1 aromatic heterocycles. The van der Waals surface area contributed by atoms with Gasteiger partial charge in [0.1, 0.15) is 11.6 Å². The van der Waals surface area contributed by atoms with Crippen LogP contribution in [0.4, 0.5) is 0 Å². The number of carbonyl (C=O) groups excluding carboxylic acids is 1. The molecule has 0 radical (unpaired) electrons. The van der Waals surface area contributed by atoms with Gasteiger partial charge in [0, 0.05) is 19.5 Å². The molecular weight excluding hydrogens is 386 g/mol. The largest absolute Gasteiger partial charge is 0.484 e. The normalized spacial score (nSPS) is 17.5. The summed E-state index contributed by atoms with van der Waals surface area (Å²) in [5.41, 5.74) is 0.192. The Labute approximate surface area is 174 Å². The molecule has 2 heterocycles. The molecule has 8 nitrogen and oxygen atoms in total. The Hall–Kier alpha value is -2.90. The van der Waals surface area contributed by atoms with E-state index in [1.54, 1.807) is 22.8 Å². The average Bonchev–Trinajstić information content (AvgIpc) is 3.20. The van der Waals surface area contributed by atoms with E-state index in [-0.39, 0.29) is 29.9 Å². The molecule has 2 N–H and O–H groups in total. The minimum Gasteiger partial charge on any atom is -0.484 e. The Morgan fingerprint density at radius 2 is 2.00 bits per heavy atom. The fourth-order valence-corrected chi connectivity index (χ4v) is 4.68. The van der Waals surface area contributed by atoms with Crippen molar-refractivity contribution in [1.82, 2.24) is 14.9 Å². The van der Waals surface area contributed by atoms with E-state index in [1.165, 1.54) is 0 Å². The van der Waals surface area contributed by atoms with Crippen LogP contribution < -0.4 is 15.6 Å². The van der Waals surface area contributed by atoms with Gasteiger partial charge >= 0.3 is 5.97 Å². The number of hydrogen-bond acceptors (Lipinski definition) is 5. The Balaban J connectivity index is 1.38. The smallest absolute Gasteiger partial charge is 0.303 e. The van der Waals surface area contributed by atoms with Gasteiger partial charge in [0.15, 0.2) is 6.61 Å². The Morgan fingerprint density at radius 3 is 2.77 bits per heavy atom. The zero-order valence-corrected chi connectivity index (χ0v) is 17.0. The number of aromatic nitrogens is 2. The van der Waals surface area contributed by atoms with Crippen LogP contribution in [0.5, 0.6) is 5.75 Å². The van der Waals surface area contributed by atoms with E-state index < -0.39 is 5.97 Å². The molecule has 1 fully saturated rings. The highest BCUT2D eigenvalue weighted by molar-refractivity contribution is 5.80. The molecule has 1 saturated carbocycles. The van der Waals surface area contributed by atoms with E-state index in [9.17, 15) is 19.5 Å². The summed E-state index contributed by atoms with van der Waals surface area (Å²) in [6.07, 6.45) is 6.52. The highest BCUT2D eigenvalue weighted by Crippen LogP contribution is 2.38. The molecule has 2 aromatic rings. The van der Waals surface area contributed by atoms with Crippen molar-refractivity contribution >= 4 is 22.8 Å². The van der Waals surface area contributed by atoms with Gasteiger partial charge in [-0.15, -0.1) is 0 Å². The number of benzene rings is 1. The first-order valence-electron chi connectivity index (χ1n) is 10.6. The van der Waals surface area contributed by atoms with Crippen LogP contribution in [0.2, 0.25) is 0 Å². The van der Waals surface area contributed by atoms with Gasteiger partial charge in [0.05, 0.1) is 17.3 Å². The van der Waals surface area contributed by atoms with Crippen LogP contribution in [-0.2, 0) is 22.6 Å². The number of rotatable bonds is 7. The van der Waals surface area contributed by atoms with Crippen molar-refractivity contribution in [3.05, 3.63) is 34.4 Å². The third-order valence-corrected chi connectivity index (χ3v) is 6.26. The first-order valence-corrected chi connectivity index (χ1v) is 10.6. The third kappa shape index (κ3) is 4.32. The number of fused-ring (bicyclic) bond motifs is 2. The lowest BCUT2D eigenvalue weighted by Gasteiger charge is -2.36. The molecule has 1 aliphatic carbocycles. The SMILES string of the molecule is O=C(O)CC1(CNC(=O)COc2ccc3nc4n(c(=O)c3c2)CCC4)CCCCC1. The van der Waals surface area contributed by atoms with Gasteiger partial charge in [-0.2, -0.15) is 0 Å². The fraction of sp³-hybridized carbons (Fsp3) is 0.545. The molecule has 2 aliphatic rings. The first kappa shape index (κ1) is 20.4. The molecule has 1 aromatic carbocycles. The van der Waals surface area contributed by atoms with Gasteiger partial charge in [-0.3, -0.25) is 19.0 Å². The summed E-state index contributed by atoms with van der Waals surface area (Å²) in [6, 6.07) is 5.09. The first-order chi connectivity index (χ1) is 14.5. The van der Waals surface area contributed by atoms with E-state index in [1.807, 2.05) is 0 Å². The minimum atomic E-state index is -0.829. The number of carboxylic acid groups (broad SMARTS) is 1. The lowest BCUT2D eigenvalue weighted by molar-refractivity contribution is -0.140. The van der Waals surface area contributed by atoms with Crippen molar-refractivity contribution in [3.8, 4) is 5.75 Å². The molecule has 0 unspecified atom stereocenters. The zero-order chi connectivity index (χ0) is 21.1. The van der Waals surface area contributed by atoms with Crippen LogP contribution in [0.15, 0.2) is 23.0 Å². The summed E-state index contributed by atoms with van der Waals surface area (Å²) in [5, 5.41) is 12.6. The minimum absolute atomic E-state index is 0.0695. The van der Waals surface area contributed by atoms with Gasteiger partial charge in [-0.25, -0.2) is 4.98 Å². The van der Waals surface area contributed by atoms with Crippen LogP contribution in [0.25, 0.3) is 10.9 Å². The monoisotopic (exact) mass is 413 g/mol. The number of nitrogens with zero attached hydrogens (tertiary/aromatic N) is 2. The van der Waals surface area contributed by atoms with Crippen molar-refractivity contribution in [2.45, 2.75) is 57.9 Å². The molecule has 1 amide bonds. The van der Waals surface area contributed by atoms with E-state index >= 15 is 0 Å². The molecule has 160 valence electrons. The Kier molecular flexibility index (Phi) is 5.74. The topological polar surface area (TPSA) is 111 Å². The number of nitrogens with one attached hydrogen (secondary N) is 1. The van der Waals surface area contributed by atoms with Crippen molar-refractivity contribution in [1.29, 1.82) is 0 Å². The lowest BCUT2D eigenvalue weighted by Crippen LogP contribution is -2.42. The predicted octanol–water partition coefficient (Wildman–Crippen LogP) is 2.26. The number of aryl methyl sites for hydroxylation is 1. The van der Waals surface area contributed by atoms with Crippen LogP contribution in [-0.4, -0.2) is 39.7 Å². The van der Waals surface area contributed by atoms with Crippen LogP contribution >= 0.6 is 0 Å². The van der Waals surface area contributed by atoms with Gasteiger partial charge in [-0.1, -0.05) is 19.3 Å². The zero-order valence-electron chi connectivity index (χ0n) is 17.0. The molecule has 0 atom stereocenters. The standard InChI is InChI=1S/C22H27N3O5/c26-19(23-14-22(12-20(27)28)8-2-1-3-9-22)13-30-15-6-7-17-16(11-15)21(29)25-10-4-5-18(25)24-17/h6-7,11H,1-5,8-10,12-14H2,(H,23,26)(H,27,28). The van der Waals surface area contributed by atoms with Crippen LogP contribution in [0.3, 0.4) is 0 Å². The lowest BCUT2D eigenvalue weighted by atomic mass is 9.71. The van der Waals surface area contributed by atoms with Crippen LogP contribution in [0, 0.1) is 5.41 Å². The molecule has 0 bridgehead atoms. The average molecular weight is 413 g/mol. The highest BCUT2D eigenvalue weighted by Gasteiger charge is 2.34. The summed E-state index contributed by atoms with van der Waals surface area (Å²) < 4.78 is 7.30. The van der Waals surface area contributed by atoms with Gasteiger partial charge in [0.2, 0.25) is 0 Å². The maximum absolute atomic E-state index is 12.7. The Morgan fingerprint density at radius 1 is 1.20 bits per heavy atom. The van der Waals surface area contributed by atoms with Gasteiger partial charge in [0.25, 0.3) is 11.5 Å². The molecular formula is C22H27N3O5. The number of aliphatic carboxylic acids is 1. The number of carboxylic acids is 1. The van der Waals surface area contributed by atoms with Crippen molar-refractivity contribution in [2.24, 2.45) is 5.41 Å². The highest BCUT2D eigenvalue weighted by atomic mass is 16.5. The quantitative estimate of drug-likeness (QED) is 0.720. The number of amides is 1. The molecule has 4 rings (SSSR count). The molecule has 0 spiro atoms. The second-order valence-corrected chi connectivity index (χ2v) is 8.46. The van der Waals surface area contributed by atoms with Gasteiger partial charge < -0.3 is 15.2 Å². The van der Waals surface area contributed by atoms with E-state index in [4.69, 9.17) is 4.74 Å². The molecule has 30 heavy (non-hydrogen) atoms. The fourth-order valence-electron chi connectivity index (χ4n) is 4.68. The Bertz CT molecular complexity index is 1020. The van der Waals surface area contributed by atoms with Gasteiger partial charge in [-0.05, 0) is 42.9 Å². The second-order valence-electron chi connectivity index (χ2n) is 8.46. The maximum atomic E-state index is 12.7. The van der Waals surface area contributed by atoms with Crippen molar-refractivity contribution in [3.63, 3.8) is 0 Å². The number of hydrogen-bond donors (Lipinski definition) is 2. The number of ether oxygens (including phenoxy) is 1. The summed E-state index contributed by atoms with van der Waals surface area (Å²) in [7, 11) is 0. The van der Waals surface area contributed by atoms with E-state index in [2.05, 4.69) is 10.3 Å².